The van der Waals surface area contributed by atoms with E-state index in [-0.39, 0.29) is 11.9 Å². The van der Waals surface area contributed by atoms with Crippen molar-refractivity contribution in [3.63, 3.8) is 0 Å². The van der Waals surface area contributed by atoms with E-state index in [1.54, 1.807) is 0 Å². The molecule has 19 heavy (non-hydrogen) atoms. The average Bonchev–Trinajstić information content (AvgIpc) is 2.76. The first-order chi connectivity index (χ1) is 9.10. The maximum atomic E-state index is 13.3. The van der Waals surface area contributed by atoms with Gasteiger partial charge < -0.3 is 5.73 Å². The molecule has 0 radical (unpaired) electrons. The maximum Gasteiger partial charge on any atom is 0.138 e. The van der Waals surface area contributed by atoms with E-state index in [1.165, 1.54) is 18.5 Å². The van der Waals surface area contributed by atoms with E-state index in [9.17, 15) is 4.39 Å². The lowest BCUT2D eigenvalue weighted by molar-refractivity contribution is 0.546. The zero-order chi connectivity index (χ0) is 13.8. The van der Waals surface area contributed by atoms with E-state index in [2.05, 4.69) is 32.9 Å². The number of rotatable bonds is 5. The lowest BCUT2D eigenvalue weighted by atomic mass is 10.0. The van der Waals surface area contributed by atoms with Crippen molar-refractivity contribution in [3.05, 3.63) is 46.2 Å². The fraction of sp³-hybridized carbons (Fsp3) is 0.385. The summed E-state index contributed by atoms with van der Waals surface area (Å²) in [6.07, 6.45) is 3.05. The van der Waals surface area contributed by atoms with E-state index in [0.29, 0.717) is 10.9 Å². The van der Waals surface area contributed by atoms with Crippen molar-refractivity contribution in [2.75, 3.05) is 0 Å². The first kappa shape index (κ1) is 14.1. The van der Waals surface area contributed by atoms with Gasteiger partial charge in [0.1, 0.15) is 18.0 Å². The second kappa shape index (κ2) is 6.25. The predicted molar refractivity (Wildman–Crippen MR) is 75.0 cm³/mol. The molecule has 4 nitrogen and oxygen atoms in total. The van der Waals surface area contributed by atoms with Crippen LogP contribution in [0.1, 0.15) is 30.8 Å². The van der Waals surface area contributed by atoms with Gasteiger partial charge in [-0.2, -0.15) is 5.10 Å². The minimum atomic E-state index is -0.299. The van der Waals surface area contributed by atoms with Gasteiger partial charge >= 0.3 is 0 Å². The van der Waals surface area contributed by atoms with Crippen molar-refractivity contribution in [1.29, 1.82) is 0 Å². The molecule has 2 rings (SSSR count). The van der Waals surface area contributed by atoms with Gasteiger partial charge in [0, 0.05) is 23.5 Å². The zero-order valence-corrected chi connectivity index (χ0v) is 12.3. The van der Waals surface area contributed by atoms with Crippen LogP contribution in [0, 0.1) is 5.82 Å². The summed E-state index contributed by atoms with van der Waals surface area (Å²) in [6.45, 7) is 2.89. The Balaban J connectivity index is 2.15. The van der Waals surface area contributed by atoms with Gasteiger partial charge in [0.05, 0.1) is 0 Å². The predicted octanol–water partition coefficient (Wildman–Crippen LogP) is 2.83. The van der Waals surface area contributed by atoms with Crippen LogP contribution in [0.5, 0.6) is 0 Å². The second-order valence-electron chi connectivity index (χ2n) is 4.41. The number of halogens is 2. The quantitative estimate of drug-likeness (QED) is 0.919. The van der Waals surface area contributed by atoms with Crippen molar-refractivity contribution in [3.8, 4) is 0 Å². The molecule has 2 aromatic rings. The molecule has 0 aliphatic rings. The molecule has 1 unspecified atom stereocenters. The molecule has 0 aliphatic carbocycles. The number of aromatic nitrogens is 3. The Bertz CT molecular complexity index is 535. The molecule has 2 N–H and O–H groups in total. The van der Waals surface area contributed by atoms with E-state index in [1.807, 2.05) is 10.7 Å². The van der Waals surface area contributed by atoms with Gasteiger partial charge in [-0.05, 0) is 30.2 Å². The molecule has 0 saturated carbocycles. The molecule has 0 saturated heterocycles. The Morgan fingerprint density at radius 2 is 2.21 bits per heavy atom. The third kappa shape index (κ3) is 3.61. The normalized spacial score (nSPS) is 12.6. The molecule has 0 amide bonds. The number of benzene rings is 1. The van der Waals surface area contributed by atoms with Crippen LogP contribution >= 0.6 is 15.9 Å². The van der Waals surface area contributed by atoms with E-state index < -0.39 is 0 Å². The van der Waals surface area contributed by atoms with Gasteiger partial charge in [-0.15, -0.1) is 0 Å². The minimum absolute atomic E-state index is 0.296. The fourth-order valence-corrected chi connectivity index (χ4v) is 2.43. The Hall–Kier alpha value is -1.27. The molecule has 1 heterocycles. The van der Waals surface area contributed by atoms with Crippen molar-refractivity contribution in [2.24, 2.45) is 5.73 Å². The topological polar surface area (TPSA) is 56.7 Å². The monoisotopic (exact) mass is 326 g/mol. The lowest BCUT2D eigenvalue weighted by Gasteiger charge is -2.13. The highest BCUT2D eigenvalue weighted by atomic mass is 79.9. The van der Waals surface area contributed by atoms with Crippen LogP contribution in [-0.4, -0.2) is 14.8 Å². The number of hydrogen-bond donors (Lipinski definition) is 1. The lowest BCUT2D eigenvalue weighted by Crippen LogP contribution is -2.17. The molecular weight excluding hydrogens is 311 g/mol. The Kier molecular flexibility index (Phi) is 4.66. The van der Waals surface area contributed by atoms with E-state index in [0.717, 1.165) is 24.4 Å². The standard InChI is InChI=1S/C13H16BrFN4/c1-2-3-19-13(17-8-18-19)7-12(16)9-4-10(14)6-11(15)5-9/h4-6,8,12H,2-3,7,16H2,1H3. The molecule has 1 atom stereocenters. The summed E-state index contributed by atoms with van der Waals surface area (Å²) >= 11 is 3.27. The minimum Gasteiger partial charge on any atom is -0.324 e. The number of nitrogens with two attached hydrogens (primary N) is 1. The second-order valence-corrected chi connectivity index (χ2v) is 5.33. The number of aryl methyl sites for hydroxylation is 1. The maximum absolute atomic E-state index is 13.3. The highest BCUT2D eigenvalue weighted by molar-refractivity contribution is 9.10. The molecule has 1 aromatic carbocycles. The van der Waals surface area contributed by atoms with Crippen molar-refractivity contribution >= 4 is 15.9 Å². The summed E-state index contributed by atoms with van der Waals surface area (Å²) in [5.41, 5.74) is 6.87. The van der Waals surface area contributed by atoms with Crippen LogP contribution in [-0.2, 0) is 13.0 Å². The van der Waals surface area contributed by atoms with Gasteiger partial charge in [0.2, 0.25) is 0 Å². The summed E-state index contributed by atoms with van der Waals surface area (Å²) in [4.78, 5) is 4.21. The van der Waals surface area contributed by atoms with E-state index >= 15 is 0 Å². The zero-order valence-electron chi connectivity index (χ0n) is 10.7. The van der Waals surface area contributed by atoms with Crippen LogP contribution in [0.4, 0.5) is 4.39 Å². The van der Waals surface area contributed by atoms with Gasteiger partial charge in [0.15, 0.2) is 0 Å². The third-order valence-corrected chi connectivity index (χ3v) is 3.30. The molecule has 0 bridgehead atoms. The van der Waals surface area contributed by atoms with Gasteiger partial charge in [0.25, 0.3) is 0 Å². The summed E-state index contributed by atoms with van der Waals surface area (Å²) in [6, 6.07) is 4.40. The summed E-state index contributed by atoms with van der Waals surface area (Å²) in [5.74, 6) is 0.532. The van der Waals surface area contributed by atoms with Crippen molar-refractivity contribution in [2.45, 2.75) is 32.4 Å². The Morgan fingerprint density at radius 3 is 2.89 bits per heavy atom. The fourth-order valence-electron chi connectivity index (χ4n) is 1.95. The number of hydrogen-bond acceptors (Lipinski definition) is 3. The van der Waals surface area contributed by atoms with Crippen molar-refractivity contribution in [1.82, 2.24) is 14.8 Å². The average molecular weight is 327 g/mol. The molecule has 0 aliphatic heterocycles. The van der Waals surface area contributed by atoms with Crippen LogP contribution in [0.3, 0.4) is 0 Å². The summed E-state index contributed by atoms with van der Waals surface area (Å²) < 4.78 is 15.9. The molecule has 1 aromatic heterocycles. The largest absolute Gasteiger partial charge is 0.324 e. The molecule has 0 fully saturated rings. The molecule has 0 spiro atoms. The number of nitrogens with zero attached hydrogens (tertiary/aromatic N) is 3. The van der Waals surface area contributed by atoms with Crippen LogP contribution in [0.15, 0.2) is 29.0 Å². The van der Waals surface area contributed by atoms with Crippen molar-refractivity contribution < 1.29 is 4.39 Å². The highest BCUT2D eigenvalue weighted by Crippen LogP contribution is 2.21. The van der Waals surface area contributed by atoms with Crippen LogP contribution in [0.25, 0.3) is 0 Å². The Morgan fingerprint density at radius 1 is 1.42 bits per heavy atom. The molecular formula is C13H16BrFN4. The van der Waals surface area contributed by atoms with Crippen LogP contribution < -0.4 is 5.73 Å². The van der Waals surface area contributed by atoms with Crippen LogP contribution in [0.2, 0.25) is 0 Å². The third-order valence-electron chi connectivity index (χ3n) is 2.85. The van der Waals surface area contributed by atoms with Gasteiger partial charge in [-0.3, -0.25) is 4.68 Å². The highest BCUT2D eigenvalue weighted by Gasteiger charge is 2.13. The first-order valence-electron chi connectivity index (χ1n) is 6.18. The molecule has 102 valence electrons. The SMILES string of the molecule is CCCn1ncnc1CC(N)c1cc(F)cc(Br)c1. The smallest absolute Gasteiger partial charge is 0.138 e. The Labute approximate surface area is 120 Å². The van der Waals surface area contributed by atoms with E-state index in [4.69, 9.17) is 5.73 Å². The van der Waals surface area contributed by atoms with Gasteiger partial charge in [-0.1, -0.05) is 22.9 Å². The summed E-state index contributed by atoms with van der Waals surface area (Å²) in [7, 11) is 0. The molecule has 6 heteroatoms. The first-order valence-corrected chi connectivity index (χ1v) is 6.97. The van der Waals surface area contributed by atoms with Gasteiger partial charge in [-0.25, -0.2) is 9.37 Å². The summed E-state index contributed by atoms with van der Waals surface area (Å²) in [5, 5.41) is 4.15.